The summed E-state index contributed by atoms with van der Waals surface area (Å²) in [5, 5.41) is 3.15. The fourth-order valence-electron chi connectivity index (χ4n) is 4.14. The lowest BCUT2D eigenvalue weighted by Gasteiger charge is -2.20. The van der Waals surface area contributed by atoms with Crippen LogP contribution in [0.2, 0.25) is 0 Å². The van der Waals surface area contributed by atoms with E-state index in [0.29, 0.717) is 6.54 Å². The Balaban J connectivity index is 1.62. The van der Waals surface area contributed by atoms with Crippen molar-refractivity contribution in [2.45, 2.75) is 32.2 Å². The molecule has 1 saturated carbocycles. The summed E-state index contributed by atoms with van der Waals surface area (Å²) < 4.78 is 0. The third-order valence-corrected chi connectivity index (χ3v) is 5.65. The number of benzene rings is 3. The van der Waals surface area contributed by atoms with Crippen molar-refractivity contribution < 1.29 is 4.79 Å². The van der Waals surface area contributed by atoms with Crippen LogP contribution in [0.5, 0.6) is 0 Å². The lowest BCUT2D eigenvalue weighted by atomic mass is 9.84. The molecule has 0 saturated heterocycles. The first-order valence-corrected chi connectivity index (χ1v) is 9.55. The van der Waals surface area contributed by atoms with Gasteiger partial charge in [0.15, 0.2) is 0 Å². The van der Waals surface area contributed by atoms with Crippen LogP contribution in [0.3, 0.4) is 0 Å². The molecule has 1 atom stereocenters. The molecule has 1 unspecified atom stereocenters. The number of carbonyl (C=O) groups excluding carboxylic acids is 1. The van der Waals surface area contributed by atoms with Crippen LogP contribution in [0.1, 0.15) is 34.2 Å². The molecule has 1 fully saturated rings. The average Bonchev–Trinajstić information content (AvgIpc) is 3.44. The number of amides is 1. The smallest absolute Gasteiger partial charge is 0.224 e. The Morgan fingerprint density at radius 1 is 0.889 bits per heavy atom. The molecule has 1 amide bonds. The van der Waals surface area contributed by atoms with Gasteiger partial charge >= 0.3 is 0 Å². The van der Waals surface area contributed by atoms with Crippen LogP contribution in [-0.2, 0) is 16.8 Å². The van der Waals surface area contributed by atoms with E-state index in [1.54, 1.807) is 0 Å². The maximum absolute atomic E-state index is 13.0. The second-order valence-corrected chi connectivity index (χ2v) is 7.67. The van der Waals surface area contributed by atoms with Gasteiger partial charge in [-0.3, -0.25) is 4.79 Å². The summed E-state index contributed by atoms with van der Waals surface area (Å²) in [6, 6.07) is 27.3. The Kier molecular flexibility index (Phi) is 4.57. The molecule has 136 valence electrons. The minimum Gasteiger partial charge on any atom is -0.352 e. The number of carbonyl (C=O) groups is 1. The van der Waals surface area contributed by atoms with Gasteiger partial charge in [0, 0.05) is 12.0 Å². The lowest BCUT2D eigenvalue weighted by molar-refractivity contribution is -0.122. The van der Waals surface area contributed by atoms with Gasteiger partial charge in [0.25, 0.3) is 0 Å². The van der Waals surface area contributed by atoms with E-state index in [2.05, 4.69) is 67.7 Å². The van der Waals surface area contributed by atoms with E-state index in [4.69, 9.17) is 0 Å². The maximum atomic E-state index is 13.0. The highest BCUT2D eigenvalue weighted by atomic mass is 16.2. The van der Waals surface area contributed by atoms with E-state index >= 15 is 0 Å². The van der Waals surface area contributed by atoms with Crippen molar-refractivity contribution >= 4 is 5.91 Å². The third kappa shape index (κ3) is 3.40. The van der Waals surface area contributed by atoms with Crippen LogP contribution in [0.4, 0.5) is 0 Å². The highest BCUT2D eigenvalue weighted by Gasteiger charge is 2.60. The fourth-order valence-corrected chi connectivity index (χ4v) is 4.14. The molecule has 0 aliphatic heterocycles. The van der Waals surface area contributed by atoms with E-state index in [9.17, 15) is 4.79 Å². The van der Waals surface area contributed by atoms with Gasteiger partial charge in [0.2, 0.25) is 5.91 Å². The average molecular weight is 355 g/mol. The van der Waals surface area contributed by atoms with Gasteiger partial charge in [-0.05, 0) is 37.0 Å². The first-order chi connectivity index (χ1) is 13.1. The van der Waals surface area contributed by atoms with Crippen molar-refractivity contribution in [2.75, 3.05) is 0 Å². The molecule has 27 heavy (non-hydrogen) atoms. The zero-order chi connectivity index (χ0) is 18.9. The number of hydrogen-bond acceptors (Lipinski definition) is 1. The van der Waals surface area contributed by atoms with Crippen LogP contribution in [0.25, 0.3) is 0 Å². The summed E-state index contributed by atoms with van der Waals surface area (Å²) >= 11 is 0. The third-order valence-electron chi connectivity index (χ3n) is 5.65. The first-order valence-electron chi connectivity index (χ1n) is 9.55. The number of hydrogen-bond donors (Lipinski definition) is 1. The number of aryl methyl sites for hydroxylation is 2. The minimum atomic E-state index is -0.210. The lowest BCUT2D eigenvalue weighted by Crippen LogP contribution is -2.28. The van der Waals surface area contributed by atoms with Gasteiger partial charge in [0.1, 0.15) is 0 Å². The topological polar surface area (TPSA) is 29.1 Å². The van der Waals surface area contributed by atoms with E-state index in [0.717, 1.165) is 12.0 Å². The molecule has 2 nitrogen and oxygen atoms in total. The molecule has 3 aromatic carbocycles. The van der Waals surface area contributed by atoms with Gasteiger partial charge in [-0.15, -0.1) is 0 Å². The Bertz CT molecular complexity index is 915. The Hall–Kier alpha value is -2.87. The molecule has 3 aromatic rings. The zero-order valence-corrected chi connectivity index (χ0v) is 15.9. The fraction of sp³-hybridized carbons (Fsp3) is 0.240. The SMILES string of the molecule is Cc1cccc(C2(c3cccc(C)c3)CC2C(=O)NCc2ccccc2)c1. The molecule has 4 rings (SSSR count). The van der Waals surface area contributed by atoms with Crippen molar-refractivity contribution in [1.82, 2.24) is 5.32 Å². The van der Waals surface area contributed by atoms with Gasteiger partial charge in [-0.1, -0.05) is 90.0 Å². The van der Waals surface area contributed by atoms with E-state index in [-0.39, 0.29) is 17.2 Å². The molecule has 1 aliphatic carbocycles. The van der Waals surface area contributed by atoms with Crippen molar-refractivity contribution in [3.63, 3.8) is 0 Å². The summed E-state index contributed by atoms with van der Waals surface area (Å²) in [6.07, 6.45) is 0.862. The molecule has 0 spiro atoms. The Morgan fingerprint density at radius 3 is 2.04 bits per heavy atom. The molecule has 1 N–H and O–H groups in total. The van der Waals surface area contributed by atoms with Gasteiger partial charge in [-0.2, -0.15) is 0 Å². The normalized spacial score (nSPS) is 17.3. The molecule has 0 heterocycles. The Labute approximate surface area is 161 Å². The van der Waals surface area contributed by atoms with Gasteiger partial charge < -0.3 is 5.32 Å². The van der Waals surface area contributed by atoms with Crippen molar-refractivity contribution in [2.24, 2.45) is 5.92 Å². The molecule has 0 bridgehead atoms. The quantitative estimate of drug-likeness (QED) is 0.691. The standard InChI is InChI=1S/C25H25NO/c1-18-8-6-12-21(14-18)25(22-13-7-9-19(2)15-22)16-23(25)24(27)26-17-20-10-4-3-5-11-20/h3-15,23H,16-17H2,1-2H3,(H,26,27). The number of nitrogens with one attached hydrogen (secondary N) is 1. The molecule has 0 aromatic heterocycles. The van der Waals surface area contributed by atoms with Crippen LogP contribution >= 0.6 is 0 Å². The monoisotopic (exact) mass is 355 g/mol. The predicted octanol–water partition coefficient (Wildman–Crippen LogP) is 4.93. The van der Waals surface area contributed by atoms with Crippen molar-refractivity contribution in [1.29, 1.82) is 0 Å². The first kappa shape index (κ1) is 17.5. The molecular weight excluding hydrogens is 330 g/mol. The summed E-state index contributed by atoms with van der Waals surface area (Å²) in [5.41, 5.74) is 5.87. The molecule has 0 radical (unpaired) electrons. The minimum absolute atomic E-state index is 0.0233. The Morgan fingerprint density at radius 2 is 1.48 bits per heavy atom. The summed E-state index contributed by atoms with van der Waals surface area (Å²) in [6.45, 7) is 4.80. The predicted molar refractivity (Wildman–Crippen MR) is 110 cm³/mol. The second kappa shape index (κ2) is 7.03. The van der Waals surface area contributed by atoms with Crippen molar-refractivity contribution in [3.05, 3.63) is 107 Å². The number of rotatable bonds is 5. The zero-order valence-electron chi connectivity index (χ0n) is 15.9. The summed E-state index contributed by atoms with van der Waals surface area (Å²) in [5.74, 6) is 0.117. The maximum Gasteiger partial charge on any atom is 0.224 e. The van der Waals surface area contributed by atoms with E-state index in [1.807, 2.05) is 30.3 Å². The van der Waals surface area contributed by atoms with E-state index in [1.165, 1.54) is 22.3 Å². The molecule has 2 heteroatoms. The van der Waals surface area contributed by atoms with E-state index < -0.39 is 0 Å². The van der Waals surface area contributed by atoms with Gasteiger partial charge in [0.05, 0.1) is 5.92 Å². The summed E-state index contributed by atoms with van der Waals surface area (Å²) in [4.78, 5) is 13.0. The molecule has 1 aliphatic rings. The van der Waals surface area contributed by atoms with Crippen LogP contribution in [-0.4, -0.2) is 5.91 Å². The van der Waals surface area contributed by atoms with Crippen LogP contribution in [0.15, 0.2) is 78.9 Å². The highest BCUT2D eigenvalue weighted by Crippen LogP contribution is 2.59. The van der Waals surface area contributed by atoms with Gasteiger partial charge in [-0.25, -0.2) is 0 Å². The second-order valence-electron chi connectivity index (χ2n) is 7.67. The van der Waals surface area contributed by atoms with Crippen molar-refractivity contribution in [3.8, 4) is 0 Å². The van der Waals surface area contributed by atoms with Crippen LogP contribution in [0, 0.1) is 19.8 Å². The highest BCUT2D eigenvalue weighted by molar-refractivity contribution is 5.86. The summed E-state index contributed by atoms with van der Waals surface area (Å²) in [7, 11) is 0. The molecular formula is C25H25NO. The largest absolute Gasteiger partial charge is 0.352 e. The van der Waals surface area contributed by atoms with Crippen LogP contribution < -0.4 is 5.32 Å².